The van der Waals surface area contributed by atoms with Crippen LogP contribution in [0, 0.1) is 0 Å². The van der Waals surface area contributed by atoms with Gasteiger partial charge in [0.2, 0.25) is 5.91 Å². The molecular weight excluding hydrogens is 376 g/mol. The Morgan fingerprint density at radius 3 is 2.85 bits per heavy atom. The maximum Gasteiger partial charge on any atom is 0.273 e. The van der Waals surface area contributed by atoms with Gasteiger partial charge in [-0.05, 0) is 18.4 Å². The Bertz CT molecular complexity index is 1020. The van der Waals surface area contributed by atoms with Crippen LogP contribution in [0.1, 0.15) is 0 Å². The number of fused-ring (bicyclic) bond motifs is 1. The van der Waals surface area contributed by atoms with E-state index < -0.39 is 0 Å². The molecule has 10 heteroatoms. The summed E-state index contributed by atoms with van der Waals surface area (Å²) < 4.78 is 12.8. The van der Waals surface area contributed by atoms with Crippen molar-refractivity contribution in [2.45, 2.75) is 10.9 Å². The molecule has 0 saturated carbocycles. The van der Waals surface area contributed by atoms with Gasteiger partial charge in [0.1, 0.15) is 29.1 Å². The summed E-state index contributed by atoms with van der Waals surface area (Å²) in [5.41, 5.74) is 0.567. The Hall–Kier alpha value is -2.59. The molecule has 0 aliphatic carbocycles. The second-order valence-corrected chi connectivity index (χ2v) is 7.18. The van der Waals surface area contributed by atoms with E-state index in [1.807, 2.05) is 6.26 Å². The van der Waals surface area contributed by atoms with Gasteiger partial charge in [-0.25, -0.2) is 9.97 Å². The number of benzene rings is 1. The van der Waals surface area contributed by atoms with Crippen LogP contribution in [0.3, 0.4) is 0 Å². The summed E-state index contributed by atoms with van der Waals surface area (Å²) in [4.78, 5) is 33.3. The van der Waals surface area contributed by atoms with Crippen LogP contribution >= 0.6 is 23.1 Å². The second kappa shape index (κ2) is 7.75. The molecule has 8 nitrogen and oxygen atoms in total. The number of nitrogens with zero attached hydrogens (tertiary/aromatic N) is 3. The third kappa shape index (κ3) is 3.65. The van der Waals surface area contributed by atoms with E-state index in [2.05, 4.69) is 15.3 Å². The minimum atomic E-state index is -0.380. The molecule has 26 heavy (non-hydrogen) atoms. The molecule has 0 fully saturated rings. The van der Waals surface area contributed by atoms with Crippen LogP contribution in [0.4, 0.5) is 5.69 Å². The summed E-state index contributed by atoms with van der Waals surface area (Å²) in [6.07, 6.45) is 3.21. The van der Waals surface area contributed by atoms with Crippen molar-refractivity contribution in [1.29, 1.82) is 0 Å². The first-order valence-corrected chi connectivity index (χ1v) is 9.51. The molecule has 1 N–H and O–H groups in total. The minimum absolute atomic E-state index is 0.172. The molecule has 0 saturated heterocycles. The van der Waals surface area contributed by atoms with E-state index >= 15 is 0 Å². The molecule has 2 heterocycles. The molecule has 0 radical (unpaired) electrons. The van der Waals surface area contributed by atoms with Crippen LogP contribution in [0.2, 0.25) is 0 Å². The van der Waals surface area contributed by atoms with Crippen LogP contribution in [-0.2, 0) is 11.3 Å². The predicted molar refractivity (Wildman–Crippen MR) is 102 cm³/mol. The summed E-state index contributed by atoms with van der Waals surface area (Å²) >= 11 is 2.71. The molecule has 0 aliphatic heterocycles. The first kappa shape index (κ1) is 18.2. The van der Waals surface area contributed by atoms with E-state index in [-0.39, 0.29) is 18.0 Å². The van der Waals surface area contributed by atoms with E-state index in [1.54, 1.807) is 18.2 Å². The molecule has 2 aromatic heterocycles. The van der Waals surface area contributed by atoms with E-state index in [1.165, 1.54) is 48.2 Å². The summed E-state index contributed by atoms with van der Waals surface area (Å²) in [7, 11) is 3.04. The van der Waals surface area contributed by atoms with Gasteiger partial charge in [-0.2, -0.15) is 0 Å². The second-order valence-electron chi connectivity index (χ2n) is 5.13. The number of hydrogen-bond acceptors (Lipinski definition) is 8. The highest BCUT2D eigenvalue weighted by atomic mass is 32.2. The summed E-state index contributed by atoms with van der Waals surface area (Å²) in [5, 5.41) is 2.73. The summed E-state index contributed by atoms with van der Waals surface area (Å²) in [6, 6.07) is 5.06. The Balaban J connectivity index is 1.83. The predicted octanol–water partition coefficient (Wildman–Crippen LogP) is 2.23. The maximum atomic E-state index is 12.5. The zero-order chi connectivity index (χ0) is 18.7. The summed E-state index contributed by atoms with van der Waals surface area (Å²) in [5.74, 6) is 0.692. The van der Waals surface area contributed by atoms with Crippen molar-refractivity contribution < 1.29 is 14.3 Å². The van der Waals surface area contributed by atoms with Crippen LogP contribution in [-0.4, -0.2) is 40.9 Å². The third-order valence-electron chi connectivity index (χ3n) is 3.53. The maximum absolute atomic E-state index is 12.5. The fourth-order valence-corrected chi connectivity index (χ4v) is 3.75. The molecule has 3 rings (SSSR count). The molecule has 1 aromatic carbocycles. The zero-order valence-electron chi connectivity index (χ0n) is 14.3. The van der Waals surface area contributed by atoms with Gasteiger partial charge in [0.25, 0.3) is 5.56 Å². The Morgan fingerprint density at radius 2 is 2.15 bits per heavy atom. The number of nitrogens with one attached hydrogen (secondary N) is 1. The van der Waals surface area contributed by atoms with E-state index in [0.717, 1.165) is 4.34 Å². The molecule has 0 unspecified atom stereocenters. The number of rotatable bonds is 6. The number of methoxy groups -OCH3 is 2. The van der Waals surface area contributed by atoms with Crippen molar-refractivity contribution in [1.82, 2.24) is 14.5 Å². The number of anilines is 1. The number of ether oxygens (including phenoxy) is 2. The number of amides is 1. The number of thiazole rings is 1. The van der Waals surface area contributed by atoms with Crippen LogP contribution in [0.25, 0.3) is 10.3 Å². The van der Waals surface area contributed by atoms with E-state index in [0.29, 0.717) is 27.5 Å². The van der Waals surface area contributed by atoms with E-state index in [4.69, 9.17) is 9.47 Å². The molecule has 0 aliphatic rings. The molecular formula is C16H16N4O4S2. The lowest BCUT2D eigenvalue weighted by Gasteiger charge is -2.12. The van der Waals surface area contributed by atoms with Gasteiger partial charge in [0.15, 0.2) is 9.99 Å². The van der Waals surface area contributed by atoms with Crippen molar-refractivity contribution in [3.63, 3.8) is 0 Å². The van der Waals surface area contributed by atoms with Gasteiger partial charge in [-0.1, -0.05) is 11.8 Å². The van der Waals surface area contributed by atoms with Crippen molar-refractivity contribution in [3.05, 3.63) is 34.9 Å². The van der Waals surface area contributed by atoms with Crippen molar-refractivity contribution in [2.75, 3.05) is 25.8 Å². The average molecular weight is 392 g/mol. The van der Waals surface area contributed by atoms with Crippen LogP contribution in [0.5, 0.6) is 11.5 Å². The topological polar surface area (TPSA) is 95.3 Å². The highest BCUT2D eigenvalue weighted by molar-refractivity contribution is 8.00. The molecule has 1 amide bonds. The quantitative estimate of drug-likeness (QED) is 0.643. The van der Waals surface area contributed by atoms with Gasteiger partial charge in [0.05, 0.1) is 19.9 Å². The van der Waals surface area contributed by atoms with Gasteiger partial charge >= 0.3 is 0 Å². The minimum Gasteiger partial charge on any atom is -0.497 e. The monoisotopic (exact) mass is 392 g/mol. The standard InChI is InChI=1S/C16H16N4O4S2/c1-23-9-4-5-11(24-2)10(6-9)18-12(21)7-20-8-17-14-13(15(20)22)26-16(19-14)25-3/h4-6,8H,7H2,1-3H3,(H,18,21). The molecule has 0 spiro atoms. The highest BCUT2D eigenvalue weighted by Gasteiger charge is 2.14. The lowest BCUT2D eigenvalue weighted by Crippen LogP contribution is -2.27. The lowest BCUT2D eigenvalue weighted by molar-refractivity contribution is -0.116. The number of hydrogen-bond donors (Lipinski definition) is 1. The third-order valence-corrected chi connectivity index (χ3v) is 5.55. The largest absolute Gasteiger partial charge is 0.497 e. The Kier molecular flexibility index (Phi) is 5.43. The molecule has 3 aromatic rings. The molecule has 0 atom stereocenters. The SMILES string of the molecule is COc1ccc(OC)c(NC(=O)Cn2cnc3nc(SC)sc3c2=O)c1. The highest BCUT2D eigenvalue weighted by Crippen LogP contribution is 2.29. The smallest absolute Gasteiger partial charge is 0.273 e. The Labute approximate surface area is 157 Å². The molecule has 136 valence electrons. The van der Waals surface area contributed by atoms with Gasteiger partial charge in [0, 0.05) is 6.07 Å². The normalized spacial score (nSPS) is 10.7. The fraction of sp³-hybridized carbons (Fsp3) is 0.250. The van der Waals surface area contributed by atoms with Crippen LogP contribution < -0.4 is 20.3 Å². The first-order chi connectivity index (χ1) is 12.5. The van der Waals surface area contributed by atoms with Crippen LogP contribution in [0.15, 0.2) is 33.7 Å². The zero-order valence-corrected chi connectivity index (χ0v) is 15.9. The Morgan fingerprint density at radius 1 is 1.35 bits per heavy atom. The summed E-state index contributed by atoms with van der Waals surface area (Å²) in [6.45, 7) is -0.172. The van der Waals surface area contributed by atoms with Crippen molar-refractivity contribution in [3.8, 4) is 11.5 Å². The first-order valence-electron chi connectivity index (χ1n) is 7.47. The average Bonchev–Trinajstić information content (AvgIpc) is 3.08. The van der Waals surface area contributed by atoms with Crippen molar-refractivity contribution >= 4 is 45.0 Å². The van der Waals surface area contributed by atoms with Gasteiger partial charge < -0.3 is 14.8 Å². The van der Waals surface area contributed by atoms with Crippen molar-refractivity contribution in [2.24, 2.45) is 0 Å². The molecule has 0 bridgehead atoms. The van der Waals surface area contributed by atoms with Gasteiger partial charge in [-0.15, -0.1) is 11.3 Å². The number of carbonyl (C=O) groups is 1. The number of carbonyl (C=O) groups excluding carboxylic acids is 1. The number of thioether (sulfide) groups is 1. The number of aromatic nitrogens is 3. The fourth-order valence-electron chi connectivity index (χ4n) is 2.28. The lowest BCUT2D eigenvalue weighted by atomic mass is 10.2. The van der Waals surface area contributed by atoms with Gasteiger partial charge in [-0.3, -0.25) is 14.2 Å². The van der Waals surface area contributed by atoms with E-state index in [9.17, 15) is 9.59 Å².